The first-order valence-electron chi connectivity index (χ1n) is 6.49. The van der Waals surface area contributed by atoms with Crippen molar-refractivity contribution in [2.24, 2.45) is 0 Å². The fourth-order valence-corrected chi connectivity index (χ4v) is 5.90. The molecule has 126 valence electrons. The highest BCUT2D eigenvalue weighted by atomic mass is 127. The molecule has 1 aromatic carbocycles. The lowest BCUT2D eigenvalue weighted by atomic mass is 10.2. The Balaban J connectivity index is 2.80. The Morgan fingerprint density at radius 3 is 2.14 bits per heavy atom. The molecule has 8 heteroatoms. The van der Waals surface area contributed by atoms with Crippen LogP contribution in [0, 0.1) is 10.7 Å². The maximum Gasteiger partial charge on any atom is 0.185 e. The lowest BCUT2D eigenvalue weighted by molar-refractivity contribution is -0.107. The molecule has 0 saturated carbocycles. The molecule has 0 aliphatic heterocycles. The second-order valence-corrected chi connectivity index (χ2v) is 7.56. The normalized spacial score (nSPS) is 11.2. The fraction of sp³-hybridized carbons (Fsp3) is 0.571. The van der Waals surface area contributed by atoms with Gasteiger partial charge >= 0.3 is 0 Å². The summed E-state index contributed by atoms with van der Waals surface area (Å²) in [7, 11) is 4.91. The summed E-state index contributed by atoms with van der Waals surface area (Å²) in [4.78, 5) is 0. The number of ether oxygens (including phenoxy) is 5. The van der Waals surface area contributed by atoms with Crippen LogP contribution in [-0.2, 0) is 18.9 Å². The number of benzene rings is 1. The SMILES string of the molecule is COCCOCCOc1c(I)cc(I)c(C(OC)OC)c1I. The van der Waals surface area contributed by atoms with Crippen LogP contribution in [0.4, 0.5) is 0 Å². The minimum absolute atomic E-state index is 0.406. The molecule has 0 fully saturated rings. The molecule has 22 heavy (non-hydrogen) atoms. The Labute approximate surface area is 172 Å². The van der Waals surface area contributed by atoms with Crippen molar-refractivity contribution in [1.29, 1.82) is 0 Å². The van der Waals surface area contributed by atoms with Crippen LogP contribution in [0.15, 0.2) is 6.07 Å². The van der Waals surface area contributed by atoms with Crippen molar-refractivity contribution in [3.8, 4) is 5.75 Å². The summed E-state index contributed by atoms with van der Waals surface area (Å²) in [5.41, 5.74) is 0.988. The maximum atomic E-state index is 5.89. The number of hydrogen-bond acceptors (Lipinski definition) is 5. The monoisotopic (exact) mass is 648 g/mol. The molecule has 0 radical (unpaired) electrons. The van der Waals surface area contributed by atoms with Crippen LogP contribution in [0.3, 0.4) is 0 Å². The van der Waals surface area contributed by atoms with Crippen LogP contribution < -0.4 is 4.74 Å². The Morgan fingerprint density at radius 1 is 0.909 bits per heavy atom. The van der Waals surface area contributed by atoms with E-state index in [1.807, 2.05) is 0 Å². The highest BCUT2D eigenvalue weighted by Crippen LogP contribution is 2.37. The van der Waals surface area contributed by atoms with Crippen LogP contribution in [-0.4, -0.2) is 47.8 Å². The predicted molar refractivity (Wildman–Crippen MR) is 110 cm³/mol. The Kier molecular flexibility index (Phi) is 11.1. The van der Waals surface area contributed by atoms with E-state index in [0.29, 0.717) is 26.4 Å². The second kappa shape index (κ2) is 11.6. The number of rotatable bonds is 10. The summed E-state index contributed by atoms with van der Waals surface area (Å²) in [5, 5.41) is 0. The molecule has 0 N–H and O–H groups in total. The predicted octanol–water partition coefficient (Wildman–Crippen LogP) is 3.83. The average molecular weight is 648 g/mol. The third-order valence-corrected chi connectivity index (χ3v) is 5.50. The van der Waals surface area contributed by atoms with Crippen molar-refractivity contribution in [3.05, 3.63) is 22.3 Å². The van der Waals surface area contributed by atoms with Crippen LogP contribution in [0.1, 0.15) is 11.9 Å². The third kappa shape index (κ3) is 6.16. The van der Waals surface area contributed by atoms with E-state index in [4.69, 9.17) is 23.7 Å². The van der Waals surface area contributed by atoms with Gasteiger partial charge < -0.3 is 23.7 Å². The van der Waals surface area contributed by atoms with Gasteiger partial charge in [0.05, 0.1) is 27.0 Å². The minimum atomic E-state index is -0.406. The number of hydrogen-bond donors (Lipinski definition) is 0. The van der Waals surface area contributed by atoms with Gasteiger partial charge in [0.1, 0.15) is 12.4 Å². The Hall–Kier alpha value is 1.05. The van der Waals surface area contributed by atoms with Crippen molar-refractivity contribution < 1.29 is 23.7 Å². The number of halogens is 3. The fourth-order valence-electron chi connectivity index (χ4n) is 1.71. The highest BCUT2D eigenvalue weighted by molar-refractivity contribution is 14.1. The van der Waals surface area contributed by atoms with Gasteiger partial charge in [0, 0.05) is 30.5 Å². The topological polar surface area (TPSA) is 46.2 Å². The third-order valence-electron chi connectivity index (χ3n) is 2.73. The molecule has 0 aromatic heterocycles. The molecule has 0 aliphatic carbocycles. The smallest absolute Gasteiger partial charge is 0.185 e. The Morgan fingerprint density at radius 2 is 1.55 bits per heavy atom. The maximum absolute atomic E-state index is 5.89. The lowest BCUT2D eigenvalue weighted by Crippen LogP contribution is -2.14. The molecule has 0 bridgehead atoms. The van der Waals surface area contributed by atoms with Gasteiger partial charge in [0.2, 0.25) is 0 Å². The van der Waals surface area contributed by atoms with Crippen molar-refractivity contribution in [2.45, 2.75) is 6.29 Å². The van der Waals surface area contributed by atoms with Gasteiger partial charge in [-0.2, -0.15) is 0 Å². The largest absolute Gasteiger partial charge is 0.489 e. The molecule has 0 aliphatic rings. The van der Waals surface area contributed by atoms with Crippen molar-refractivity contribution in [2.75, 3.05) is 47.8 Å². The minimum Gasteiger partial charge on any atom is -0.489 e. The molecular formula is C14H19I3O5. The van der Waals surface area contributed by atoms with Crippen LogP contribution >= 0.6 is 67.8 Å². The lowest BCUT2D eigenvalue weighted by Gasteiger charge is -2.20. The van der Waals surface area contributed by atoms with Gasteiger partial charge in [-0.15, -0.1) is 0 Å². The molecule has 1 rings (SSSR count). The Bertz CT molecular complexity index is 466. The van der Waals surface area contributed by atoms with Gasteiger partial charge in [-0.25, -0.2) is 0 Å². The van der Waals surface area contributed by atoms with E-state index >= 15 is 0 Å². The average Bonchev–Trinajstić information content (AvgIpc) is 2.49. The first-order chi connectivity index (χ1) is 10.6. The molecule has 0 spiro atoms. The molecule has 5 nitrogen and oxygen atoms in total. The first-order valence-corrected chi connectivity index (χ1v) is 9.72. The van der Waals surface area contributed by atoms with E-state index in [-0.39, 0.29) is 0 Å². The van der Waals surface area contributed by atoms with Crippen LogP contribution in [0.2, 0.25) is 0 Å². The zero-order chi connectivity index (χ0) is 16.5. The number of methoxy groups -OCH3 is 3. The van der Waals surface area contributed by atoms with Gasteiger partial charge in [0.15, 0.2) is 6.29 Å². The second-order valence-electron chi connectivity index (χ2n) is 4.15. The zero-order valence-corrected chi connectivity index (χ0v) is 19.1. The molecule has 0 atom stereocenters. The highest BCUT2D eigenvalue weighted by Gasteiger charge is 2.22. The summed E-state index contributed by atoms with van der Waals surface area (Å²) >= 11 is 6.83. The van der Waals surface area contributed by atoms with E-state index in [0.717, 1.165) is 22.0 Å². The van der Waals surface area contributed by atoms with E-state index < -0.39 is 6.29 Å². The summed E-state index contributed by atoms with van der Waals surface area (Å²) in [5.74, 6) is 0.839. The van der Waals surface area contributed by atoms with Crippen molar-refractivity contribution in [3.63, 3.8) is 0 Å². The van der Waals surface area contributed by atoms with Gasteiger partial charge in [-0.05, 0) is 73.8 Å². The zero-order valence-electron chi connectivity index (χ0n) is 12.7. The molecule has 1 aromatic rings. The summed E-state index contributed by atoms with van der Waals surface area (Å²) < 4.78 is 30.1. The summed E-state index contributed by atoms with van der Waals surface area (Å²) in [6.07, 6.45) is -0.406. The molecular weight excluding hydrogens is 629 g/mol. The first kappa shape index (κ1) is 21.1. The van der Waals surface area contributed by atoms with Gasteiger partial charge in [-0.1, -0.05) is 0 Å². The van der Waals surface area contributed by atoms with E-state index in [1.54, 1.807) is 21.3 Å². The quantitative estimate of drug-likeness (QED) is 0.220. The van der Waals surface area contributed by atoms with E-state index in [9.17, 15) is 0 Å². The van der Waals surface area contributed by atoms with Gasteiger partial charge in [0.25, 0.3) is 0 Å². The van der Waals surface area contributed by atoms with Crippen molar-refractivity contribution >= 4 is 67.8 Å². The molecule has 0 unspecified atom stereocenters. The summed E-state index contributed by atoms with van der Waals surface area (Å²) in [6.45, 7) is 2.17. The van der Waals surface area contributed by atoms with Crippen LogP contribution in [0.5, 0.6) is 5.75 Å². The molecule has 0 saturated heterocycles. The molecule has 0 amide bonds. The summed E-state index contributed by atoms with van der Waals surface area (Å²) in [6, 6.07) is 2.06. The van der Waals surface area contributed by atoms with Crippen LogP contribution in [0.25, 0.3) is 0 Å². The van der Waals surface area contributed by atoms with E-state index in [2.05, 4.69) is 73.8 Å². The van der Waals surface area contributed by atoms with Crippen molar-refractivity contribution in [1.82, 2.24) is 0 Å². The molecule has 0 heterocycles. The van der Waals surface area contributed by atoms with E-state index in [1.165, 1.54) is 0 Å². The standard InChI is InChI=1S/C14H19I3O5/c1-18-4-5-21-6-7-22-13-10(16)8-9(15)11(12(13)17)14(19-2)20-3/h8,14H,4-7H2,1-3H3. The van der Waals surface area contributed by atoms with Gasteiger partial charge in [-0.3, -0.25) is 0 Å².